The Bertz CT molecular complexity index is 685. The molecule has 2 aliphatic rings. The Labute approximate surface area is 201 Å². The van der Waals surface area contributed by atoms with Gasteiger partial charge in [-0.1, -0.05) is 89.2 Å². The van der Waals surface area contributed by atoms with Crippen LogP contribution in [0.4, 0.5) is 0 Å². The van der Waals surface area contributed by atoms with Crippen molar-refractivity contribution in [3.05, 3.63) is 35.4 Å². The van der Waals surface area contributed by atoms with Gasteiger partial charge in [0.15, 0.2) is 0 Å². The molecule has 32 heavy (non-hydrogen) atoms. The Morgan fingerprint density at radius 3 is 2.16 bits per heavy atom. The Balaban J connectivity index is 0.00000363. The molecule has 0 aromatic heterocycles. The molecule has 1 aromatic rings. The van der Waals surface area contributed by atoms with Gasteiger partial charge in [0.1, 0.15) is 5.84 Å². The zero-order chi connectivity index (χ0) is 21.9. The SMILES string of the molecule is Cl.N=C(N)[C@@H]1CCCN1C(=O)c1ccc(CCCCCCCCCC2CCCCC2)cc1. The van der Waals surface area contributed by atoms with Gasteiger partial charge in [-0.05, 0) is 49.3 Å². The Hall–Kier alpha value is -1.55. The van der Waals surface area contributed by atoms with E-state index in [9.17, 15) is 4.79 Å². The zero-order valence-electron chi connectivity index (χ0n) is 19.8. The number of amides is 1. The van der Waals surface area contributed by atoms with Crippen molar-refractivity contribution < 1.29 is 4.79 Å². The van der Waals surface area contributed by atoms with Crippen LogP contribution in [0, 0.1) is 11.3 Å². The molecular formula is C27H44ClN3O. The van der Waals surface area contributed by atoms with Crippen LogP contribution in [0.5, 0.6) is 0 Å². The Kier molecular flexibility index (Phi) is 12.2. The molecule has 0 unspecified atom stereocenters. The van der Waals surface area contributed by atoms with E-state index in [4.69, 9.17) is 11.1 Å². The van der Waals surface area contributed by atoms with Crippen molar-refractivity contribution in [3.63, 3.8) is 0 Å². The lowest BCUT2D eigenvalue weighted by atomic mass is 9.85. The third-order valence-corrected chi connectivity index (χ3v) is 7.38. The maximum Gasteiger partial charge on any atom is 0.254 e. The third kappa shape index (κ3) is 8.42. The molecule has 1 saturated carbocycles. The molecular weight excluding hydrogens is 418 g/mol. The number of unbranched alkanes of at least 4 members (excludes halogenated alkanes) is 6. The van der Waals surface area contributed by atoms with Crippen LogP contribution in [0.2, 0.25) is 0 Å². The van der Waals surface area contributed by atoms with Crippen LogP contribution in [0.15, 0.2) is 24.3 Å². The highest BCUT2D eigenvalue weighted by molar-refractivity contribution is 5.98. The smallest absolute Gasteiger partial charge is 0.254 e. The first-order chi connectivity index (χ1) is 15.1. The summed E-state index contributed by atoms with van der Waals surface area (Å²) in [5.74, 6) is 1.15. The largest absolute Gasteiger partial charge is 0.386 e. The van der Waals surface area contributed by atoms with Gasteiger partial charge < -0.3 is 10.6 Å². The molecule has 1 aromatic carbocycles. The molecule has 1 atom stereocenters. The molecule has 2 fully saturated rings. The van der Waals surface area contributed by atoms with Crippen molar-refractivity contribution in [2.24, 2.45) is 11.7 Å². The number of hydrogen-bond donors (Lipinski definition) is 2. The molecule has 4 nitrogen and oxygen atoms in total. The summed E-state index contributed by atoms with van der Waals surface area (Å²) in [6.45, 7) is 0.700. The van der Waals surface area contributed by atoms with Crippen molar-refractivity contribution in [2.75, 3.05) is 6.54 Å². The Morgan fingerprint density at radius 2 is 1.50 bits per heavy atom. The molecule has 5 heteroatoms. The number of benzene rings is 1. The van der Waals surface area contributed by atoms with Crippen LogP contribution >= 0.6 is 12.4 Å². The minimum atomic E-state index is -0.223. The summed E-state index contributed by atoms with van der Waals surface area (Å²) in [6.07, 6.45) is 21.2. The second-order valence-corrected chi connectivity index (χ2v) is 9.83. The average Bonchev–Trinajstić information content (AvgIpc) is 3.29. The summed E-state index contributed by atoms with van der Waals surface area (Å²) in [5, 5.41) is 7.70. The quantitative estimate of drug-likeness (QED) is 0.202. The molecule has 1 heterocycles. The standard InChI is InChI=1S/C27H43N3O.ClH/c28-26(29)25-16-11-21-30(25)27(31)24-19-17-23(18-20-24)15-8-5-3-1-2-4-7-12-22-13-9-6-10-14-22;/h17-20,22,25H,1-16,21H2,(H3,28,29);1H/t25-;/m0./s1. The molecule has 180 valence electrons. The number of nitrogens with zero attached hydrogens (tertiary/aromatic N) is 1. The number of amidine groups is 1. The van der Waals surface area contributed by atoms with Gasteiger partial charge in [-0.3, -0.25) is 10.2 Å². The van der Waals surface area contributed by atoms with Crippen molar-refractivity contribution >= 4 is 24.1 Å². The maximum atomic E-state index is 12.7. The number of likely N-dealkylation sites (tertiary alicyclic amines) is 1. The van der Waals surface area contributed by atoms with Crippen LogP contribution in [0.25, 0.3) is 0 Å². The second kappa shape index (κ2) is 14.6. The Morgan fingerprint density at radius 1 is 0.875 bits per heavy atom. The molecule has 3 rings (SSSR count). The van der Waals surface area contributed by atoms with Crippen molar-refractivity contribution in [1.29, 1.82) is 5.41 Å². The van der Waals surface area contributed by atoms with Crippen LogP contribution in [0.1, 0.15) is 112 Å². The number of carbonyl (C=O) groups is 1. The first-order valence-electron chi connectivity index (χ1n) is 12.9. The topological polar surface area (TPSA) is 70.2 Å². The highest BCUT2D eigenvalue weighted by Gasteiger charge is 2.31. The predicted octanol–water partition coefficient (Wildman–Crippen LogP) is 6.89. The molecule has 0 radical (unpaired) electrons. The van der Waals surface area contributed by atoms with Gasteiger partial charge in [0.25, 0.3) is 5.91 Å². The third-order valence-electron chi connectivity index (χ3n) is 7.38. The minimum absolute atomic E-state index is 0. The summed E-state index contributed by atoms with van der Waals surface area (Å²) in [4.78, 5) is 14.5. The van der Waals surface area contributed by atoms with Crippen LogP contribution in [-0.4, -0.2) is 29.2 Å². The lowest BCUT2D eigenvalue weighted by Gasteiger charge is -2.23. The number of nitrogens with two attached hydrogens (primary N) is 1. The van der Waals surface area contributed by atoms with E-state index in [2.05, 4.69) is 12.1 Å². The normalized spacial score (nSPS) is 19.0. The fraction of sp³-hybridized carbons (Fsp3) is 0.704. The molecule has 0 spiro atoms. The molecule has 1 aliphatic carbocycles. The van der Waals surface area contributed by atoms with Gasteiger partial charge in [0.05, 0.1) is 6.04 Å². The highest BCUT2D eigenvalue weighted by Crippen LogP contribution is 2.28. The first-order valence-corrected chi connectivity index (χ1v) is 12.9. The monoisotopic (exact) mass is 461 g/mol. The van der Waals surface area contributed by atoms with E-state index in [1.807, 2.05) is 12.1 Å². The maximum absolute atomic E-state index is 12.7. The number of carbonyl (C=O) groups excluding carboxylic acids is 1. The van der Waals surface area contributed by atoms with E-state index in [-0.39, 0.29) is 30.2 Å². The van der Waals surface area contributed by atoms with Gasteiger partial charge >= 0.3 is 0 Å². The number of rotatable bonds is 12. The minimum Gasteiger partial charge on any atom is -0.386 e. The van der Waals surface area contributed by atoms with Gasteiger partial charge in [-0.2, -0.15) is 0 Å². The van der Waals surface area contributed by atoms with Crippen LogP contribution in [-0.2, 0) is 6.42 Å². The van der Waals surface area contributed by atoms with Crippen LogP contribution in [0.3, 0.4) is 0 Å². The predicted molar refractivity (Wildman–Crippen MR) is 137 cm³/mol. The number of nitrogens with one attached hydrogen (secondary N) is 1. The summed E-state index contributed by atoms with van der Waals surface area (Å²) in [6, 6.07) is 7.85. The van der Waals surface area contributed by atoms with Crippen molar-refractivity contribution in [3.8, 4) is 0 Å². The van der Waals surface area contributed by atoms with Gasteiger partial charge in [-0.25, -0.2) is 0 Å². The molecule has 1 amide bonds. The summed E-state index contributed by atoms with van der Waals surface area (Å²) >= 11 is 0. The lowest BCUT2D eigenvalue weighted by Crippen LogP contribution is -2.43. The van der Waals surface area contributed by atoms with E-state index >= 15 is 0 Å². The highest BCUT2D eigenvalue weighted by atomic mass is 35.5. The molecule has 0 bridgehead atoms. The van der Waals surface area contributed by atoms with Crippen LogP contribution < -0.4 is 5.73 Å². The summed E-state index contributed by atoms with van der Waals surface area (Å²) < 4.78 is 0. The van der Waals surface area contributed by atoms with Crippen molar-refractivity contribution in [2.45, 2.75) is 109 Å². The zero-order valence-corrected chi connectivity index (χ0v) is 20.6. The summed E-state index contributed by atoms with van der Waals surface area (Å²) in [5.41, 5.74) is 7.69. The van der Waals surface area contributed by atoms with Gasteiger partial charge in [0.2, 0.25) is 0 Å². The summed E-state index contributed by atoms with van der Waals surface area (Å²) in [7, 11) is 0. The fourth-order valence-corrected chi connectivity index (χ4v) is 5.43. The number of halogens is 1. The van der Waals surface area contributed by atoms with E-state index in [0.29, 0.717) is 12.1 Å². The molecule has 3 N–H and O–H groups in total. The molecule has 1 saturated heterocycles. The van der Waals surface area contributed by atoms with E-state index < -0.39 is 0 Å². The van der Waals surface area contributed by atoms with Gasteiger partial charge in [-0.15, -0.1) is 12.4 Å². The average molecular weight is 462 g/mol. The first kappa shape index (κ1) is 26.7. The molecule has 1 aliphatic heterocycles. The van der Waals surface area contributed by atoms with Crippen molar-refractivity contribution in [1.82, 2.24) is 4.90 Å². The van der Waals surface area contributed by atoms with Gasteiger partial charge in [0, 0.05) is 12.1 Å². The fourth-order valence-electron chi connectivity index (χ4n) is 5.43. The lowest BCUT2D eigenvalue weighted by molar-refractivity contribution is 0.0769. The van der Waals surface area contributed by atoms with E-state index in [1.54, 1.807) is 4.90 Å². The number of hydrogen-bond acceptors (Lipinski definition) is 2. The second-order valence-electron chi connectivity index (χ2n) is 9.83. The van der Waals surface area contributed by atoms with E-state index in [1.165, 1.54) is 89.0 Å². The van der Waals surface area contributed by atoms with E-state index in [0.717, 1.165) is 25.2 Å². The number of aryl methyl sites for hydroxylation is 1.